The van der Waals surface area contributed by atoms with Crippen LogP contribution in [0.5, 0.6) is 0 Å². The van der Waals surface area contributed by atoms with Gasteiger partial charge in [-0.3, -0.25) is 4.79 Å². The molecule has 0 saturated carbocycles. The van der Waals surface area contributed by atoms with E-state index in [0.717, 1.165) is 0 Å². The second kappa shape index (κ2) is 9.01. The smallest absolute Gasteiger partial charge is 0.228 e. The van der Waals surface area contributed by atoms with E-state index in [1.807, 2.05) is 0 Å². The van der Waals surface area contributed by atoms with Gasteiger partial charge < -0.3 is 5.32 Å². The van der Waals surface area contributed by atoms with E-state index in [4.69, 9.17) is 34.8 Å². The Morgan fingerprint density at radius 1 is 1.07 bits per heavy atom. The second-order valence-electron chi connectivity index (χ2n) is 6.65. The van der Waals surface area contributed by atoms with E-state index in [-0.39, 0.29) is 18.2 Å². The third-order valence-corrected chi connectivity index (χ3v) is 7.38. The molecule has 9 heteroatoms. The molecule has 28 heavy (non-hydrogen) atoms. The number of amides is 1. The average Bonchev–Trinajstić information content (AvgIpc) is 2.67. The number of sulfonamides is 1. The third kappa shape index (κ3) is 5.19. The Morgan fingerprint density at radius 3 is 2.36 bits per heavy atom. The number of hydrogen-bond donors (Lipinski definition) is 1. The zero-order valence-electron chi connectivity index (χ0n) is 14.9. The minimum atomic E-state index is -3.66. The van der Waals surface area contributed by atoms with Crippen molar-refractivity contribution in [2.24, 2.45) is 5.92 Å². The quantitative estimate of drug-likeness (QED) is 0.693. The van der Waals surface area contributed by atoms with Crippen molar-refractivity contribution < 1.29 is 13.2 Å². The van der Waals surface area contributed by atoms with Crippen LogP contribution in [0.15, 0.2) is 42.5 Å². The number of piperidine rings is 1. The van der Waals surface area contributed by atoms with Gasteiger partial charge in [0.05, 0.1) is 11.7 Å². The predicted octanol–water partition coefficient (Wildman–Crippen LogP) is 4.83. The Kier molecular flexibility index (Phi) is 6.89. The minimum Gasteiger partial charge on any atom is -0.326 e. The van der Waals surface area contributed by atoms with Gasteiger partial charge in [0.1, 0.15) is 0 Å². The molecule has 0 aliphatic carbocycles. The summed E-state index contributed by atoms with van der Waals surface area (Å²) < 4.78 is 27.1. The molecule has 0 aromatic heterocycles. The largest absolute Gasteiger partial charge is 0.326 e. The standard InChI is InChI=1S/C19H19Cl3N2O3S/c20-14-6-8-15(9-7-14)23-19(25)13-3-2-10-24(11-13)28(26,27)12-16-17(21)4-1-5-18(16)22/h1,4-9,13H,2-3,10-12H2,(H,23,25). The molecule has 1 amide bonds. The van der Waals surface area contributed by atoms with E-state index < -0.39 is 15.9 Å². The summed E-state index contributed by atoms with van der Waals surface area (Å²) >= 11 is 18.1. The topological polar surface area (TPSA) is 66.5 Å². The van der Waals surface area contributed by atoms with E-state index in [1.54, 1.807) is 42.5 Å². The monoisotopic (exact) mass is 460 g/mol. The molecule has 2 aromatic rings. The van der Waals surface area contributed by atoms with Gasteiger partial charge in [0.2, 0.25) is 15.9 Å². The number of halogens is 3. The van der Waals surface area contributed by atoms with Crippen LogP contribution in [0, 0.1) is 5.92 Å². The maximum atomic E-state index is 12.9. The van der Waals surface area contributed by atoms with Crippen LogP contribution >= 0.6 is 34.8 Å². The fourth-order valence-corrected chi connectivity index (χ4v) is 5.62. The number of rotatable bonds is 5. The number of nitrogens with zero attached hydrogens (tertiary/aromatic N) is 1. The maximum Gasteiger partial charge on any atom is 0.228 e. The van der Waals surface area contributed by atoms with Gasteiger partial charge in [-0.05, 0) is 49.2 Å². The Hall–Kier alpha value is -1.31. The van der Waals surface area contributed by atoms with Crippen LogP contribution in [0.3, 0.4) is 0 Å². The van der Waals surface area contributed by atoms with Crippen molar-refractivity contribution in [1.29, 1.82) is 0 Å². The molecule has 1 fully saturated rings. The molecule has 1 aliphatic heterocycles. The highest BCUT2D eigenvalue weighted by atomic mass is 35.5. The van der Waals surface area contributed by atoms with Crippen molar-refractivity contribution in [3.63, 3.8) is 0 Å². The summed E-state index contributed by atoms with van der Waals surface area (Å²) in [6.07, 6.45) is 1.23. The molecule has 0 radical (unpaired) electrons. The summed E-state index contributed by atoms with van der Waals surface area (Å²) in [4.78, 5) is 12.6. The van der Waals surface area contributed by atoms with Gasteiger partial charge in [-0.2, -0.15) is 0 Å². The van der Waals surface area contributed by atoms with Gasteiger partial charge in [0, 0.05) is 39.4 Å². The molecule has 0 spiro atoms. The van der Waals surface area contributed by atoms with Gasteiger partial charge in [-0.25, -0.2) is 12.7 Å². The summed E-state index contributed by atoms with van der Waals surface area (Å²) in [7, 11) is -3.66. The van der Waals surface area contributed by atoms with Crippen LogP contribution in [0.1, 0.15) is 18.4 Å². The maximum absolute atomic E-state index is 12.9. The number of nitrogens with one attached hydrogen (secondary N) is 1. The van der Waals surface area contributed by atoms with Crippen LogP contribution < -0.4 is 5.32 Å². The van der Waals surface area contributed by atoms with E-state index in [9.17, 15) is 13.2 Å². The lowest BCUT2D eigenvalue weighted by atomic mass is 9.99. The lowest BCUT2D eigenvalue weighted by molar-refractivity contribution is -0.120. The fraction of sp³-hybridized carbons (Fsp3) is 0.316. The first-order valence-corrected chi connectivity index (χ1v) is 11.5. The SMILES string of the molecule is O=C(Nc1ccc(Cl)cc1)C1CCCN(S(=O)(=O)Cc2c(Cl)cccc2Cl)C1. The minimum absolute atomic E-state index is 0.129. The van der Waals surface area contributed by atoms with E-state index in [1.165, 1.54) is 4.31 Å². The van der Waals surface area contributed by atoms with Crippen LogP contribution in [0.25, 0.3) is 0 Å². The summed E-state index contributed by atoms with van der Waals surface area (Å²) in [6.45, 7) is 0.499. The van der Waals surface area contributed by atoms with Crippen LogP contribution in [0.4, 0.5) is 5.69 Å². The molecule has 3 rings (SSSR count). The number of benzene rings is 2. The van der Waals surface area contributed by atoms with E-state index in [0.29, 0.717) is 45.7 Å². The Labute approximate surface area is 179 Å². The highest BCUT2D eigenvalue weighted by Crippen LogP contribution is 2.29. The molecule has 1 unspecified atom stereocenters. The third-order valence-electron chi connectivity index (χ3n) is 4.65. The number of carbonyl (C=O) groups is 1. The molecule has 1 atom stereocenters. The normalized spacial score (nSPS) is 18.0. The summed E-state index contributed by atoms with van der Waals surface area (Å²) in [5.41, 5.74) is 0.996. The van der Waals surface area contributed by atoms with Gasteiger partial charge in [-0.15, -0.1) is 0 Å². The molecule has 5 nitrogen and oxygen atoms in total. The van der Waals surface area contributed by atoms with Gasteiger partial charge in [0.15, 0.2) is 0 Å². The van der Waals surface area contributed by atoms with Gasteiger partial charge in [0.25, 0.3) is 0 Å². The molecule has 0 bridgehead atoms. The van der Waals surface area contributed by atoms with E-state index in [2.05, 4.69) is 5.32 Å². The summed E-state index contributed by atoms with van der Waals surface area (Å²) in [5.74, 6) is -0.935. The lowest BCUT2D eigenvalue weighted by Gasteiger charge is -2.31. The van der Waals surface area contributed by atoms with E-state index >= 15 is 0 Å². The zero-order valence-corrected chi connectivity index (χ0v) is 18.0. The highest BCUT2D eigenvalue weighted by Gasteiger charge is 2.33. The average molecular weight is 462 g/mol. The van der Waals surface area contributed by atoms with Crippen molar-refractivity contribution in [2.75, 3.05) is 18.4 Å². The molecular formula is C19H19Cl3N2O3S. The van der Waals surface area contributed by atoms with Crippen molar-refractivity contribution in [3.8, 4) is 0 Å². The van der Waals surface area contributed by atoms with Crippen LogP contribution in [0.2, 0.25) is 15.1 Å². The molecule has 1 saturated heterocycles. The molecule has 1 heterocycles. The first-order valence-electron chi connectivity index (χ1n) is 8.73. The van der Waals surface area contributed by atoms with Crippen molar-refractivity contribution >= 4 is 56.4 Å². The number of anilines is 1. The second-order valence-corrected chi connectivity index (χ2v) is 9.87. The lowest BCUT2D eigenvalue weighted by Crippen LogP contribution is -2.44. The van der Waals surface area contributed by atoms with Crippen molar-refractivity contribution in [1.82, 2.24) is 4.31 Å². The molecule has 1 aliphatic rings. The Bertz CT molecular complexity index is 945. The predicted molar refractivity (Wildman–Crippen MR) is 113 cm³/mol. The number of hydrogen-bond acceptors (Lipinski definition) is 3. The molecule has 150 valence electrons. The first-order chi connectivity index (χ1) is 13.3. The summed E-state index contributed by atoms with van der Waals surface area (Å²) in [6, 6.07) is 11.7. The molecule has 1 N–H and O–H groups in total. The Morgan fingerprint density at radius 2 is 1.71 bits per heavy atom. The van der Waals surface area contributed by atoms with Crippen molar-refractivity contribution in [3.05, 3.63) is 63.1 Å². The molecular weight excluding hydrogens is 443 g/mol. The molecule has 2 aromatic carbocycles. The van der Waals surface area contributed by atoms with Gasteiger partial charge >= 0.3 is 0 Å². The fourth-order valence-electron chi connectivity index (χ4n) is 3.13. The Balaban J connectivity index is 1.69. The van der Waals surface area contributed by atoms with Crippen molar-refractivity contribution in [2.45, 2.75) is 18.6 Å². The first kappa shape index (κ1) is 21.4. The van der Waals surface area contributed by atoms with Crippen LogP contribution in [-0.2, 0) is 20.6 Å². The van der Waals surface area contributed by atoms with Crippen LogP contribution in [-0.4, -0.2) is 31.7 Å². The zero-order chi connectivity index (χ0) is 20.3. The highest BCUT2D eigenvalue weighted by molar-refractivity contribution is 7.88. The number of carbonyl (C=O) groups excluding carboxylic acids is 1. The van der Waals surface area contributed by atoms with Gasteiger partial charge in [-0.1, -0.05) is 40.9 Å². The summed E-state index contributed by atoms with van der Waals surface area (Å²) in [5, 5.41) is 4.01.